The molecule has 19 heavy (non-hydrogen) atoms. The molecule has 0 saturated carbocycles. The first-order chi connectivity index (χ1) is 9.26. The normalized spacial score (nSPS) is 33.1. The van der Waals surface area contributed by atoms with Crippen molar-refractivity contribution >= 4 is 11.6 Å². The minimum absolute atomic E-state index is 0.256. The average molecular weight is 271 g/mol. The van der Waals surface area contributed by atoms with Crippen LogP contribution < -0.4 is 0 Å². The van der Waals surface area contributed by atoms with Gasteiger partial charge in [-0.15, -0.1) is 0 Å². The lowest BCUT2D eigenvalue weighted by molar-refractivity contribution is 0.303. The predicted molar refractivity (Wildman–Crippen MR) is 71.4 cm³/mol. The molecule has 2 nitrogen and oxygen atoms in total. The summed E-state index contributed by atoms with van der Waals surface area (Å²) >= 11 is 6.18. The van der Waals surface area contributed by atoms with Crippen LogP contribution in [0, 0.1) is 0 Å². The van der Waals surface area contributed by atoms with Crippen LogP contribution >= 0.6 is 11.6 Å². The maximum absolute atomic E-state index is 6.18. The number of halogens is 1. The zero-order valence-electron chi connectivity index (χ0n) is 10.2. The molecule has 2 atom stereocenters. The fraction of sp³-hybridized carbons (Fsp3) is 0.250. The summed E-state index contributed by atoms with van der Waals surface area (Å²) in [4.78, 5) is 0. The Bertz CT molecular complexity index is 714. The molecule has 2 spiro atoms. The molecule has 94 valence electrons. The molecule has 0 amide bonds. The lowest BCUT2D eigenvalue weighted by Gasteiger charge is -2.30. The van der Waals surface area contributed by atoms with Crippen LogP contribution in [0.5, 0.6) is 0 Å². The van der Waals surface area contributed by atoms with E-state index in [0.717, 1.165) is 18.2 Å². The number of benzene rings is 2. The van der Waals surface area contributed by atoms with Gasteiger partial charge in [-0.1, -0.05) is 41.9 Å². The van der Waals surface area contributed by atoms with E-state index in [1.807, 2.05) is 12.1 Å². The summed E-state index contributed by atoms with van der Waals surface area (Å²) in [6.07, 6.45) is 0. The van der Waals surface area contributed by atoms with Crippen LogP contribution in [0.2, 0.25) is 5.02 Å². The van der Waals surface area contributed by atoms with Crippen LogP contribution in [0.4, 0.5) is 0 Å². The highest BCUT2D eigenvalue weighted by atomic mass is 35.5. The molecule has 1 aliphatic carbocycles. The van der Waals surface area contributed by atoms with Crippen molar-refractivity contribution in [1.82, 2.24) is 0 Å². The summed E-state index contributed by atoms with van der Waals surface area (Å²) in [5.74, 6) is 0. The SMILES string of the molecule is Clc1ccc2c(c1)C1(CO1)c1ccccc1C21CO1. The van der Waals surface area contributed by atoms with Crippen LogP contribution in [0.15, 0.2) is 42.5 Å². The van der Waals surface area contributed by atoms with Gasteiger partial charge in [-0.3, -0.25) is 0 Å². The topological polar surface area (TPSA) is 25.1 Å². The monoisotopic (exact) mass is 270 g/mol. The molecular weight excluding hydrogens is 260 g/mol. The Hall–Kier alpha value is -1.35. The van der Waals surface area contributed by atoms with E-state index in [-0.39, 0.29) is 11.2 Å². The zero-order chi connectivity index (χ0) is 12.7. The third-order valence-corrected chi connectivity index (χ3v) is 4.75. The number of rotatable bonds is 0. The van der Waals surface area contributed by atoms with Gasteiger partial charge in [0.1, 0.15) is 11.2 Å². The Kier molecular flexibility index (Phi) is 1.67. The van der Waals surface area contributed by atoms with E-state index >= 15 is 0 Å². The second-order valence-electron chi connectivity index (χ2n) is 5.47. The van der Waals surface area contributed by atoms with E-state index in [4.69, 9.17) is 21.1 Å². The zero-order valence-corrected chi connectivity index (χ0v) is 10.9. The molecule has 0 aromatic heterocycles. The maximum atomic E-state index is 6.18. The van der Waals surface area contributed by atoms with Gasteiger partial charge in [-0.05, 0) is 34.4 Å². The van der Waals surface area contributed by atoms with Crippen molar-refractivity contribution in [3.05, 3.63) is 69.7 Å². The molecule has 2 aromatic carbocycles. The maximum Gasteiger partial charge on any atom is 0.142 e. The van der Waals surface area contributed by atoms with E-state index in [0.29, 0.717) is 0 Å². The largest absolute Gasteiger partial charge is 0.359 e. The first-order valence-corrected chi connectivity index (χ1v) is 6.83. The van der Waals surface area contributed by atoms with Crippen molar-refractivity contribution < 1.29 is 9.47 Å². The van der Waals surface area contributed by atoms with Gasteiger partial charge in [0.05, 0.1) is 13.2 Å². The van der Waals surface area contributed by atoms with Gasteiger partial charge in [0.2, 0.25) is 0 Å². The molecular formula is C16H11ClO2. The highest BCUT2D eigenvalue weighted by Crippen LogP contribution is 2.61. The molecule has 2 aromatic rings. The number of ether oxygens (including phenoxy) is 2. The fourth-order valence-electron chi connectivity index (χ4n) is 3.45. The lowest BCUT2D eigenvalue weighted by atomic mass is 9.72. The van der Waals surface area contributed by atoms with Gasteiger partial charge in [-0.25, -0.2) is 0 Å². The van der Waals surface area contributed by atoms with E-state index in [1.165, 1.54) is 22.3 Å². The van der Waals surface area contributed by atoms with E-state index in [9.17, 15) is 0 Å². The molecule has 3 heteroatoms. The Morgan fingerprint density at radius 3 is 1.89 bits per heavy atom. The summed E-state index contributed by atoms with van der Waals surface area (Å²) in [5, 5.41) is 0.754. The van der Waals surface area contributed by atoms with Crippen LogP contribution in [0.3, 0.4) is 0 Å². The molecule has 2 unspecified atom stereocenters. The first-order valence-electron chi connectivity index (χ1n) is 6.45. The van der Waals surface area contributed by atoms with Gasteiger partial charge in [0.25, 0.3) is 0 Å². The number of hydrogen-bond acceptors (Lipinski definition) is 2. The quantitative estimate of drug-likeness (QED) is 0.687. The summed E-state index contributed by atoms with van der Waals surface area (Å²) in [5.41, 5.74) is 4.34. The number of fused-ring (bicyclic) bond motifs is 6. The predicted octanol–water partition coefficient (Wildman–Crippen LogP) is 3.20. The van der Waals surface area contributed by atoms with Crippen molar-refractivity contribution in [3.8, 4) is 0 Å². The van der Waals surface area contributed by atoms with E-state index in [2.05, 4.69) is 30.3 Å². The summed E-state index contributed by atoms with van der Waals surface area (Å²) in [7, 11) is 0. The highest BCUT2D eigenvalue weighted by Gasteiger charge is 2.63. The van der Waals surface area contributed by atoms with Crippen LogP contribution in [-0.4, -0.2) is 13.2 Å². The molecule has 0 N–H and O–H groups in total. The van der Waals surface area contributed by atoms with Crippen molar-refractivity contribution in [2.24, 2.45) is 0 Å². The molecule has 2 saturated heterocycles. The van der Waals surface area contributed by atoms with Gasteiger partial charge in [-0.2, -0.15) is 0 Å². The smallest absolute Gasteiger partial charge is 0.142 e. The third-order valence-electron chi connectivity index (χ3n) is 4.52. The molecule has 0 bridgehead atoms. The average Bonchev–Trinajstić information content (AvgIpc) is 3.33. The summed E-state index contributed by atoms with van der Waals surface area (Å²) in [6, 6.07) is 14.5. The van der Waals surface area contributed by atoms with Gasteiger partial charge in [0, 0.05) is 5.02 Å². The van der Waals surface area contributed by atoms with Crippen LogP contribution in [0.1, 0.15) is 22.3 Å². The number of hydrogen-bond donors (Lipinski definition) is 0. The minimum Gasteiger partial charge on any atom is -0.359 e. The van der Waals surface area contributed by atoms with Gasteiger partial charge in [0.15, 0.2) is 0 Å². The molecule has 0 radical (unpaired) electrons. The Morgan fingerprint density at radius 2 is 1.32 bits per heavy atom. The molecule has 2 heterocycles. The van der Waals surface area contributed by atoms with Crippen molar-refractivity contribution in [2.75, 3.05) is 13.2 Å². The lowest BCUT2D eigenvalue weighted by Crippen LogP contribution is -2.29. The molecule has 2 fully saturated rings. The Morgan fingerprint density at radius 1 is 0.789 bits per heavy atom. The van der Waals surface area contributed by atoms with Crippen molar-refractivity contribution in [3.63, 3.8) is 0 Å². The van der Waals surface area contributed by atoms with Crippen molar-refractivity contribution in [2.45, 2.75) is 11.2 Å². The van der Waals surface area contributed by atoms with E-state index < -0.39 is 0 Å². The van der Waals surface area contributed by atoms with Gasteiger partial charge >= 0.3 is 0 Å². The Balaban J connectivity index is 1.90. The number of epoxide rings is 2. The molecule has 5 rings (SSSR count). The van der Waals surface area contributed by atoms with Gasteiger partial charge < -0.3 is 9.47 Å². The van der Waals surface area contributed by atoms with Crippen LogP contribution in [0.25, 0.3) is 0 Å². The summed E-state index contributed by atoms with van der Waals surface area (Å²) in [6.45, 7) is 1.47. The van der Waals surface area contributed by atoms with E-state index in [1.54, 1.807) is 0 Å². The highest BCUT2D eigenvalue weighted by molar-refractivity contribution is 6.30. The second-order valence-corrected chi connectivity index (χ2v) is 5.90. The van der Waals surface area contributed by atoms with Crippen molar-refractivity contribution in [1.29, 1.82) is 0 Å². The summed E-state index contributed by atoms with van der Waals surface area (Å²) < 4.78 is 11.7. The van der Waals surface area contributed by atoms with Crippen LogP contribution in [-0.2, 0) is 20.7 Å². The second kappa shape index (κ2) is 3.04. The fourth-order valence-corrected chi connectivity index (χ4v) is 3.62. The molecule has 3 aliphatic rings. The molecule has 2 aliphatic heterocycles. The standard InChI is InChI=1S/C16H11ClO2/c17-10-5-6-13-14(7-10)16(9-19-16)12-4-2-1-3-11(12)15(13)8-18-15/h1-7H,8-9H2. The Labute approximate surface area is 115 Å². The minimum atomic E-state index is -0.284. The third kappa shape index (κ3) is 1.11. The first kappa shape index (κ1) is 10.4.